The fourth-order valence-electron chi connectivity index (χ4n) is 4.10. The van der Waals surface area contributed by atoms with Crippen LogP contribution in [0.3, 0.4) is 0 Å². The molecular weight excluding hydrogens is 464 g/mol. The highest BCUT2D eigenvalue weighted by Crippen LogP contribution is 2.28. The summed E-state index contributed by atoms with van der Waals surface area (Å²) in [6, 6.07) is 13.5. The number of aromatic nitrogens is 2. The molecule has 2 aromatic carbocycles. The van der Waals surface area contributed by atoms with E-state index in [-0.39, 0.29) is 36.3 Å². The number of amides is 1. The average molecular weight is 497 g/mol. The first-order chi connectivity index (χ1) is 16.7. The lowest BCUT2D eigenvalue weighted by molar-refractivity contribution is -0.116. The van der Waals surface area contributed by atoms with E-state index in [0.29, 0.717) is 13.0 Å². The quantitative estimate of drug-likeness (QED) is 0.329. The predicted octanol–water partition coefficient (Wildman–Crippen LogP) is 3.25. The Morgan fingerprint density at radius 1 is 1.11 bits per heavy atom. The Labute approximate surface area is 209 Å². The minimum absolute atomic E-state index is 0.0143. The van der Waals surface area contributed by atoms with Crippen molar-refractivity contribution < 1.29 is 9.53 Å². The standard InChI is InChI=1S/C26H32N4O4S/c1-17-13-18(2)23(19(3)14-17)35-16-21(31)29(11-8-12-34-4)22-24(27)30(26(33)28-25(22)32)15-20-9-6-5-7-10-20/h5-7,9-10,13-14H,8,11-12,15-16,27H2,1-4H3,(H,28,32,33). The van der Waals surface area contributed by atoms with Crippen molar-refractivity contribution in [3.8, 4) is 0 Å². The maximum atomic E-state index is 13.4. The van der Waals surface area contributed by atoms with E-state index in [1.165, 1.54) is 21.2 Å². The van der Waals surface area contributed by atoms with Gasteiger partial charge in [0.15, 0.2) is 5.69 Å². The number of methoxy groups -OCH3 is 1. The number of nitrogens with two attached hydrogens (primary N) is 1. The number of carbonyl (C=O) groups excluding carboxylic acids is 1. The van der Waals surface area contributed by atoms with Crippen molar-refractivity contribution in [2.24, 2.45) is 0 Å². The molecule has 1 amide bonds. The number of rotatable bonds is 10. The van der Waals surface area contributed by atoms with Gasteiger partial charge in [0.1, 0.15) is 5.82 Å². The summed E-state index contributed by atoms with van der Waals surface area (Å²) in [6.45, 7) is 6.89. The van der Waals surface area contributed by atoms with Crippen molar-refractivity contribution in [3.05, 3.63) is 85.6 Å². The highest BCUT2D eigenvalue weighted by Gasteiger charge is 2.24. The largest absolute Gasteiger partial charge is 0.385 e. The maximum Gasteiger partial charge on any atom is 0.330 e. The van der Waals surface area contributed by atoms with Gasteiger partial charge in [0, 0.05) is 25.2 Å². The molecule has 35 heavy (non-hydrogen) atoms. The van der Waals surface area contributed by atoms with Gasteiger partial charge < -0.3 is 15.4 Å². The van der Waals surface area contributed by atoms with Crippen LogP contribution in [0.1, 0.15) is 28.7 Å². The summed E-state index contributed by atoms with van der Waals surface area (Å²) < 4.78 is 6.43. The molecule has 9 heteroatoms. The Morgan fingerprint density at radius 2 is 1.77 bits per heavy atom. The number of ether oxygens (including phenoxy) is 1. The summed E-state index contributed by atoms with van der Waals surface area (Å²) in [4.78, 5) is 43.6. The third-order valence-corrected chi connectivity index (χ3v) is 6.97. The molecule has 0 saturated carbocycles. The number of hydrogen-bond acceptors (Lipinski definition) is 6. The van der Waals surface area contributed by atoms with Crippen LogP contribution in [0.5, 0.6) is 0 Å². The number of benzene rings is 2. The molecule has 0 radical (unpaired) electrons. The van der Waals surface area contributed by atoms with Gasteiger partial charge in [-0.1, -0.05) is 48.0 Å². The number of nitrogens with one attached hydrogen (secondary N) is 1. The van der Waals surface area contributed by atoms with Crippen LogP contribution < -0.4 is 21.9 Å². The number of nitrogens with zero attached hydrogens (tertiary/aromatic N) is 2. The Hall–Kier alpha value is -3.30. The van der Waals surface area contributed by atoms with Crippen LogP contribution in [0.2, 0.25) is 0 Å². The van der Waals surface area contributed by atoms with Crippen molar-refractivity contribution in [1.29, 1.82) is 0 Å². The number of anilines is 2. The lowest BCUT2D eigenvalue weighted by atomic mass is 10.1. The molecule has 0 aliphatic carbocycles. The Balaban J connectivity index is 1.95. The van der Waals surface area contributed by atoms with Crippen LogP contribution in [0.25, 0.3) is 0 Å². The van der Waals surface area contributed by atoms with Gasteiger partial charge >= 0.3 is 5.69 Å². The third kappa shape index (κ3) is 6.43. The summed E-state index contributed by atoms with van der Waals surface area (Å²) in [5.41, 5.74) is 9.24. The molecule has 186 valence electrons. The van der Waals surface area contributed by atoms with Gasteiger partial charge in [-0.15, -0.1) is 11.8 Å². The van der Waals surface area contributed by atoms with Gasteiger partial charge in [-0.05, 0) is 43.9 Å². The number of aryl methyl sites for hydroxylation is 3. The van der Waals surface area contributed by atoms with E-state index in [1.54, 1.807) is 7.11 Å². The van der Waals surface area contributed by atoms with E-state index in [0.717, 1.165) is 27.1 Å². The molecule has 0 atom stereocenters. The number of thioether (sulfide) groups is 1. The summed E-state index contributed by atoms with van der Waals surface area (Å²) in [6.07, 6.45) is 0.506. The van der Waals surface area contributed by atoms with Gasteiger partial charge in [-0.2, -0.15) is 0 Å². The maximum absolute atomic E-state index is 13.4. The minimum atomic E-state index is -0.685. The van der Waals surface area contributed by atoms with Crippen molar-refractivity contribution in [1.82, 2.24) is 9.55 Å². The number of nitrogen functional groups attached to an aromatic ring is 1. The molecule has 1 heterocycles. The predicted molar refractivity (Wildman–Crippen MR) is 142 cm³/mol. The third-order valence-electron chi connectivity index (χ3n) is 5.64. The van der Waals surface area contributed by atoms with Crippen molar-refractivity contribution in [3.63, 3.8) is 0 Å². The van der Waals surface area contributed by atoms with E-state index >= 15 is 0 Å². The van der Waals surface area contributed by atoms with Crippen LogP contribution in [0.15, 0.2) is 56.9 Å². The van der Waals surface area contributed by atoms with E-state index < -0.39 is 11.2 Å². The van der Waals surface area contributed by atoms with Gasteiger partial charge in [0.05, 0.1) is 12.3 Å². The Morgan fingerprint density at radius 3 is 2.40 bits per heavy atom. The van der Waals surface area contributed by atoms with E-state index in [4.69, 9.17) is 10.5 Å². The zero-order chi connectivity index (χ0) is 25.5. The molecule has 3 rings (SSSR count). The summed E-state index contributed by atoms with van der Waals surface area (Å²) >= 11 is 1.43. The lowest BCUT2D eigenvalue weighted by Gasteiger charge is -2.25. The average Bonchev–Trinajstić information content (AvgIpc) is 2.80. The Kier molecular flexibility index (Phi) is 8.95. The summed E-state index contributed by atoms with van der Waals surface area (Å²) in [7, 11) is 1.58. The van der Waals surface area contributed by atoms with Crippen LogP contribution in [0.4, 0.5) is 11.5 Å². The van der Waals surface area contributed by atoms with Gasteiger partial charge in [-0.3, -0.25) is 19.1 Å². The minimum Gasteiger partial charge on any atom is -0.385 e. The first-order valence-electron chi connectivity index (χ1n) is 11.4. The molecule has 3 N–H and O–H groups in total. The lowest BCUT2D eigenvalue weighted by Crippen LogP contribution is -2.42. The highest BCUT2D eigenvalue weighted by molar-refractivity contribution is 8.00. The van der Waals surface area contributed by atoms with Gasteiger partial charge in [0.25, 0.3) is 5.56 Å². The van der Waals surface area contributed by atoms with Crippen LogP contribution in [0, 0.1) is 20.8 Å². The second-order valence-electron chi connectivity index (χ2n) is 8.47. The number of H-pyrrole nitrogens is 1. The van der Waals surface area contributed by atoms with Crippen LogP contribution in [-0.2, 0) is 16.1 Å². The zero-order valence-electron chi connectivity index (χ0n) is 20.6. The van der Waals surface area contributed by atoms with Crippen molar-refractivity contribution in [2.45, 2.75) is 38.6 Å². The molecule has 0 spiro atoms. The smallest absolute Gasteiger partial charge is 0.330 e. The summed E-state index contributed by atoms with van der Waals surface area (Å²) in [5, 5.41) is 0. The van der Waals surface area contributed by atoms with Crippen LogP contribution in [-0.4, -0.2) is 41.5 Å². The molecular formula is C26H32N4O4S. The molecule has 0 bridgehead atoms. The second kappa shape index (κ2) is 11.9. The van der Waals surface area contributed by atoms with Crippen molar-refractivity contribution in [2.75, 3.05) is 36.6 Å². The number of carbonyl (C=O) groups is 1. The number of aromatic amines is 1. The first-order valence-corrected chi connectivity index (χ1v) is 12.4. The van der Waals surface area contributed by atoms with Crippen molar-refractivity contribution >= 4 is 29.2 Å². The van der Waals surface area contributed by atoms with Crippen LogP contribution >= 0.6 is 11.8 Å². The highest BCUT2D eigenvalue weighted by atomic mass is 32.2. The Bertz CT molecular complexity index is 1280. The molecule has 0 aliphatic heterocycles. The fourth-order valence-corrected chi connectivity index (χ4v) is 5.09. The summed E-state index contributed by atoms with van der Waals surface area (Å²) in [5.74, 6) is -0.192. The zero-order valence-corrected chi connectivity index (χ0v) is 21.4. The molecule has 0 aliphatic rings. The molecule has 0 saturated heterocycles. The molecule has 0 fully saturated rings. The molecule has 8 nitrogen and oxygen atoms in total. The van der Waals surface area contributed by atoms with E-state index in [2.05, 4.69) is 17.1 Å². The second-order valence-corrected chi connectivity index (χ2v) is 9.46. The molecule has 1 aromatic heterocycles. The van der Waals surface area contributed by atoms with E-state index in [9.17, 15) is 14.4 Å². The SMILES string of the molecule is COCCCN(C(=O)CSc1c(C)cc(C)cc1C)c1c(N)n(Cc2ccccc2)c(=O)[nH]c1=O. The fraction of sp³-hybridized carbons (Fsp3) is 0.346. The first kappa shape index (κ1) is 26.3. The molecule has 3 aromatic rings. The topological polar surface area (TPSA) is 110 Å². The monoisotopic (exact) mass is 496 g/mol. The normalized spacial score (nSPS) is 11.0. The van der Waals surface area contributed by atoms with Gasteiger partial charge in [-0.25, -0.2) is 4.79 Å². The van der Waals surface area contributed by atoms with E-state index in [1.807, 2.05) is 51.1 Å². The van der Waals surface area contributed by atoms with Gasteiger partial charge in [0.2, 0.25) is 5.91 Å². The number of hydrogen-bond donors (Lipinski definition) is 2. The molecule has 0 unspecified atom stereocenters.